The summed E-state index contributed by atoms with van der Waals surface area (Å²) < 4.78 is 0. The summed E-state index contributed by atoms with van der Waals surface area (Å²) in [5, 5.41) is 12.4. The maximum Gasteiger partial charge on any atom is 0.129 e. The summed E-state index contributed by atoms with van der Waals surface area (Å²) in [6.07, 6.45) is 5.50. The Morgan fingerprint density at radius 2 is 2.47 bits per heavy atom. The molecule has 0 aliphatic carbocycles. The molecule has 4 heteroatoms. The Kier molecular flexibility index (Phi) is 3.94. The van der Waals surface area contributed by atoms with E-state index in [-0.39, 0.29) is 0 Å². The van der Waals surface area contributed by atoms with Crippen LogP contribution in [0.5, 0.6) is 0 Å². The molecule has 1 fully saturated rings. The molecule has 1 aliphatic rings. The Bertz CT molecular complexity index is 404. The first-order chi connectivity index (χ1) is 8.29. The van der Waals surface area contributed by atoms with E-state index in [1.165, 1.54) is 19.3 Å². The molecular weight excluding hydrogens is 212 g/mol. The number of anilines is 1. The lowest BCUT2D eigenvalue weighted by Gasteiger charge is -2.28. The summed E-state index contributed by atoms with van der Waals surface area (Å²) in [4.78, 5) is 6.41. The van der Waals surface area contributed by atoms with Gasteiger partial charge in [-0.05, 0) is 31.5 Å². The van der Waals surface area contributed by atoms with E-state index < -0.39 is 0 Å². The smallest absolute Gasteiger partial charge is 0.129 e. The van der Waals surface area contributed by atoms with Gasteiger partial charge >= 0.3 is 0 Å². The zero-order valence-electron chi connectivity index (χ0n) is 10.2. The number of nitriles is 1. The Hall–Kier alpha value is -1.60. The summed E-state index contributed by atoms with van der Waals surface area (Å²) in [5.74, 6) is 0.872. The molecule has 0 saturated carbocycles. The first-order valence-corrected chi connectivity index (χ1v) is 6.10. The molecule has 0 bridgehead atoms. The molecular formula is C13H18N4. The third-order valence-electron chi connectivity index (χ3n) is 3.17. The summed E-state index contributed by atoms with van der Waals surface area (Å²) in [5.41, 5.74) is 0.665. The third-order valence-corrected chi connectivity index (χ3v) is 3.17. The molecule has 4 nitrogen and oxygen atoms in total. The average Bonchev–Trinajstić information content (AvgIpc) is 2.40. The highest BCUT2D eigenvalue weighted by atomic mass is 15.2. The average molecular weight is 230 g/mol. The van der Waals surface area contributed by atoms with Gasteiger partial charge in [-0.1, -0.05) is 6.42 Å². The van der Waals surface area contributed by atoms with Crippen LogP contribution in [0.1, 0.15) is 24.8 Å². The van der Waals surface area contributed by atoms with Gasteiger partial charge in [-0.3, -0.25) is 0 Å². The van der Waals surface area contributed by atoms with Gasteiger partial charge in [0.25, 0.3) is 0 Å². The summed E-state index contributed by atoms with van der Waals surface area (Å²) in [6, 6.07) is 6.25. The lowest BCUT2D eigenvalue weighted by molar-refractivity contribution is 0.403. The van der Waals surface area contributed by atoms with Gasteiger partial charge in [0, 0.05) is 25.8 Å². The molecule has 1 N–H and O–H groups in total. The van der Waals surface area contributed by atoms with Gasteiger partial charge in [-0.2, -0.15) is 5.26 Å². The lowest BCUT2D eigenvalue weighted by atomic mass is 10.0. The number of piperidine rings is 1. The van der Waals surface area contributed by atoms with Crippen LogP contribution >= 0.6 is 0 Å². The second kappa shape index (κ2) is 5.65. The van der Waals surface area contributed by atoms with Crippen molar-refractivity contribution in [2.75, 3.05) is 25.0 Å². The van der Waals surface area contributed by atoms with Gasteiger partial charge in [0.1, 0.15) is 5.82 Å². The summed E-state index contributed by atoms with van der Waals surface area (Å²) in [7, 11) is 2.03. The lowest BCUT2D eigenvalue weighted by Crippen LogP contribution is -2.42. The fourth-order valence-corrected chi connectivity index (χ4v) is 2.20. The zero-order chi connectivity index (χ0) is 12.1. The van der Waals surface area contributed by atoms with Gasteiger partial charge in [-0.25, -0.2) is 4.98 Å². The molecule has 0 spiro atoms. The van der Waals surface area contributed by atoms with E-state index in [4.69, 9.17) is 5.26 Å². The number of nitrogens with zero attached hydrogens (tertiary/aromatic N) is 3. The van der Waals surface area contributed by atoms with Gasteiger partial charge in [-0.15, -0.1) is 0 Å². The number of pyridine rings is 1. The summed E-state index contributed by atoms with van der Waals surface area (Å²) in [6.45, 7) is 2.06. The van der Waals surface area contributed by atoms with Crippen LogP contribution in [0.2, 0.25) is 0 Å². The molecule has 0 unspecified atom stereocenters. The minimum atomic E-state index is 0.543. The molecule has 1 aromatic rings. The molecule has 1 atom stereocenters. The summed E-state index contributed by atoms with van der Waals surface area (Å²) >= 11 is 0. The fourth-order valence-electron chi connectivity index (χ4n) is 2.20. The van der Waals surface area contributed by atoms with Crippen LogP contribution < -0.4 is 10.2 Å². The number of hydrogen-bond acceptors (Lipinski definition) is 4. The fraction of sp³-hybridized carbons (Fsp3) is 0.538. The highest BCUT2D eigenvalue weighted by molar-refractivity contribution is 5.44. The molecule has 90 valence electrons. The van der Waals surface area contributed by atoms with E-state index in [1.807, 2.05) is 13.1 Å². The minimum absolute atomic E-state index is 0.543. The molecule has 1 aromatic heterocycles. The van der Waals surface area contributed by atoms with Crippen molar-refractivity contribution in [3.63, 3.8) is 0 Å². The Labute approximate surface area is 102 Å². The normalized spacial score (nSPS) is 19.6. The van der Waals surface area contributed by atoms with Crippen molar-refractivity contribution in [3.05, 3.63) is 23.9 Å². The molecule has 2 heterocycles. The van der Waals surface area contributed by atoms with Crippen LogP contribution in [-0.2, 0) is 0 Å². The van der Waals surface area contributed by atoms with E-state index in [1.54, 1.807) is 12.3 Å². The van der Waals surface area contributed by atoms with Crippen molar-refractivity contribution in [2.45, 2.75) is 25.3 Å². The first kappa shape index (κ1) is 11.9. The van der Waals surface area contributed by atoms with E-state index in [0.29, 0.717) is 11.6 Å². The van der Waals surface area contributed by atoms with Crippen LogP contribution in [0.3, 0.4) is 0 Å². The zero-order valence-corrected chi connectivity index (χ0v) is 10.2. The number of rotatable bonds is 3. The third kappa shape index (κ3) is 3.18. The highest BCUT2D eigenvalue weighted by Crippen LogP contribution is 2.13. The molecule has 1 saturated heterocycles. The quantitative estimate of drug-likeness (QED) is 0.855. The highest BCUT2D eigenvalue weighted by Gasteiger charge is 2.15. The van der Waals surface area contributed by atoms with Gasteiger partial charge in [0.15, 0.2) is 0 Å². The Morgan fingerprint density at radius 3 is 3.18 bits per heavy atom. The topological polar surface area (TPSA) is 52.0 Å². The van der Waals surface area contributed by atoms with Crippen molar-refractivity contribution in [1.82, 2.24) is 10.3 Å². The van der Waals surface area contributed by atoms with E-state index in [0.717, 1.165) is 18.9 Å². The number of likely N-dealkylation sites (N-methyl/N-ethyl adjacent to an activating group) is 1. The number of aromatic nitrogens is 1. The van der Waals surface area contributed by atoms with Crippen LogP contribution in [0, 0.1) is 11.3 Å². The van der Waals surface area contributed by atoms with E-state index in [9.17, 15) is 0 Å². The van der Waals surface area contributed by atoms with Crippen molar-refractivity contribution in [1.29, 1.82) is 5.26 Å². The largest absolute Gasteiger partial charge is 0.358 e. The van der Waals surface area contributed by atoms with Crippen molar-refractivity contribution in [3.8, 4) is 6.07 Å². The monoisotopic (exact) mass is 230 g/mol. The Balaban J connectivity index is 1.98. The molecule has 1 aliphatic heterocycles. The second-order valence-corrected chi connectivity index (χ2v) is 4.54. The van der Waals surface area contributed by atoms with Crippen molar-refractivity contribution >= 4 is 5.82 Å². The van der Waals surface area contributed by atoms with E-state index >= 15 is 0 Å². The van der Waals surface area contributed by atoms with Crippen LogP contribution in [0.25, 0.3) is 0 Å². The molecule has 17 heavy (non-hydrogen) atoms. The maximum absolute atomic E-state index is 8.86. The number of hydrogen-bond donors (Lipinski definition) is 1. The van der Waals surface area contributed by atoms with Crippen LogP contribution in [0.15, 0.2) is 18.3 Å². The van der Waals surface area contributed by atoms with Gasteiger partial charge in [0.2, 0.25) is 0 Å². The second-order valence-electron chi connectivity index (χ2n) is 4.54. The molecule has 0 aromatic carbocycles. The van der Waals surface area contributed by atoms with Crippen molar-refractivity contribution < 1.29 is 0 Å². The van der Waals surface area contributed by atoms with Gasteiger partial charge in [0.05, 0.1) is 11.6 Å². The molecule has 2 rings (SSSR count). The first-order valence-electron chi connectivity index (χ1n) is 6.10. The van der Waals surface area contributed by atoms with Crippen LogP contribution in [-0.4, -0.2) is 31.2 Å². The molecule has 0 radical (unpaired) electrons. The SMILES string of the molecule is CN(C[C@@H]1CCCCN1)c1cc(C#N)ccn1. The standard InChI is InChI=1S/C13H18N4/c1-17(10-12-4-2-3-6-15-12)13-8-11(9-14)5-7-16-13/h5,7-8,12,15H,2-4,6,10H2,1H3/t12-/m0/s1. The molecule has 0 amide bonds. The predicted octanol–water partition coefficient (Wildman–Crippen LogP) is 1.53. The Morgan fingerprint density at radius 1 is 1.59 bits per heavy atom. The number of nitrogens with one attached hydrogen (secondary N) is 1. The minimum Gasteiger partial charge on any atom is -0.358 e. The van der Waals surface area contributed by atoms with E-state index in [2.05, 4.69) is 21.3 Å². The predicted molar refractivity (Wildman–Crippen MR) is 67.9 cm³/mol. The van der Waals surface area contributed by atoms with Crippen LogP contribution in [0.4, 0.5) is 5.82 Å². The maximum atomic E-state index is 8.86. The van der Waals surface area contributed by atoms with Gasteiger partial charge < -0.3 is 10.2 Å². The van der Waals surface area contributed by atoms with Crippen molar-refractivity contribution in [2.24, 2.45) is 0 Å².